The second kappa shape index (κ2) is 8.65. The minimum atomic E-state index is -0.418. The molecule has 1 amide bonds. The van der Waals surface area contributed by atoms with Crippen molar-refractivity contribution in [2.24, 2.45) is 0 Å². The molecule has 0 radical (unpaired) electrons. The normalized spacial score (nSPS) is 14.8. The van der Waals surface area contributed by atoms with Crippen LogP contribution in [-0.4, -0.2) is 33.5 Å². The summed E-state index contributed by atoms with van der Waals surface area (Å²) in [5.41, 5.74) is 5.86. The molecule has 0 saturated carbocycles. The standard InChI is InChI=1S/C26H25FN4O2/c1-15-12-28-16(2)25(31-15)18-9-19-10-20(33-26(19)22(27)11-18)14-30-24(32)8-7-17-13-29-23-6-4-3-5-21(17)23/h3-6,9,11-13,20,29H,7-8,10,14H2,1-2H3,(H,30,32)/t20-/m1/s1. The van der Waals surface area contributed by atoms with Gasteiger partial charge in [-0.3, -0.25) is 9.78 Å². The van der Waals surface area contributed by atoms with E-state index in [1.807, 2.05) is 44.3 Å². The van der Waals surface area contributed by atoms with Crippen LogP contribution in [0.2, 0.25) is 0 Å². The van der Waals surface area contributed by atoms with Gasteiger partial charge < -0.3 is 15.0 Å². The molecule has 3 heterocycles. The molecule has 0 bridgehead atoms. The molecule has 0 aliphatic carbocycles. The molecule has 2 aromatic heterocycles. The van der Waals surface area contributed by atoms with Crippen LogP contribution in [-0.2, 0) is 17.6 Å². The lowest BCUT2D eigenvalue weighted by molar-refractivity contribution is -0.121. The Labute approximate surface area is 191 Å². The fraction of sp³-hybridized carbons (Fsp3) is 0.269. The molecule has 4 aromatic rings. The molecule has 5 rings (SSSR count). The number of aromatic nitrogens is 3. The number of hydrogen-bond donors (Lipinski definition) is 2. The van der Waals surface area contributed by atoms with E-state index in [1.54, 1.807) is 6.20 Å². The van der Waals surface area contributed by atoms with Crippen molar-refractivity contribution in [3.63, 3.8) is 0 Å². The number of nitrogens with zero attached hydrogens (tertiary/aromatic N) is 2. The van der Waals surface area contributed by atoms with E-state index in [0.717, 1.165) is 33.4 Å². The predicted molar refractivity (Wildman–Crippen MR) is 125 cm³/mol. The maximum absolute atomic E-state index is 14.8. The summed E-state index contributed by atoms with van der Waals surface area (Å²) in [4.78, 5) is 24.5. The van der Waals surface area contributed by atoms with Crippen LogP contribution in [0.4, 0.5) is 4.39 Å². The van der Waals surface area contributed by atoms with Crippen molar-refractivity contribution in [1.29, 1.82) is 0 Å². The Morgan fingerprint density at radius 1 is 1.27 bits per heavy atom. The minimum Gasteiger partial charge on any atom is -0.485 e. The summed E-state index contributed by atoms with van der Waals surface area (Å²) in [7, 11) is 0. The first-order chi connectivity index (χ1) is 16.0. The van der Waals surface area contributed by atoms with Gasteiger partial charge in [0.15, 0.2) is 11.6 Å². The molecule has 0 spiro atoms. The average Bonchev–Trinajstić information content (AvgIpc) is 3.42. The van der Waals surface area contributed by atoms with Crippen LogP contribution in [0.15, 0.2) is 48.8 Å². The van der Waals surface area contributed by atoms with Crippen LogP contribution in [0.3, 0.4) is 0 Å². The quantitative estimate of drug-likeness (QED) is 0.461. The molecular formula is C26H25FN4O2. The number of para-hydroxylation sites is 1. The van der Waals surface area contributed by atoms with Gasteiger partial charge in [-0.05, 0) is 44.0 Å². The number of nitrogens with one attached hydrogen (secondary N) is 2. The fourth-order valence-electron chi connectivity index (χ4n) is 4.35. The summed E-state index contributed by atoms with van der Waals surface area (Å²) >= 11 is 0. The van der Waals surface area contributed by atoms with E-state index in [9.17, 15) is 9.18 Å². The molecule has 0 saturated heterocycles. The Morgan fingerprint density at radius 3 is 3.00 bits per heavy atom. The zero-order valence-electron chi connectivity index (χ0n) is 18.6. The zero-order valence-corrected chi connectivity index (χ0v) is 18.6. The van der Waals surface area contributed by atoms with Crippen LogP contribution >= 0.6 is 0 Å². The number of aryl methyl sites for hydroxylation is 3. The average molecular weight is 445 g/mol. The predicted octanol–water partition coefficient (Wildman–Crippen LogP) is 4.43. The van der Waals surface area contributed by atoms with E-state index in [2.05, 4.69) is 26.3 Å². The number of H-pyrrole nitrogens is 1. The lowest BCUT2D eigenvalue weighted by Gasteiger charge is -2.12. The third kappa shape index (κ3) is 4.31. The summed E-state index contributed by atoms with van der Waals surface area (Å²) < 4.78 is 20.6. The molecule has 2 N–H and O–H groups in total. The SMILES string of the molecule is Cc1cnc(C)c(-c2cc(F)c3c(c2)C[C@H](CNC(=O)CCc2c[nH]c4ccccc24)O3)n1. The van der Waals surface area contributed by atoms with Gasteiger partial charge in [-0.2, -0.15) is 0 Å². The Kier molecular flexibility index (Phi) is 5.54. The number of halogens is 1. The van der Waals surface area contributed by atoms with Gasteiger partial charge in [0.1, 0.15) is 6.10 Å². The monoisotopic (exact) mass is 444 g/mol. The number of carbonyl (C=O) groups excluding carboxylic acids is 1. The van der Waals surface area contributed by atoms with Crippen LogP contribution < -0.4 is 10.1 Å². The lowest BCUT2D eigenvalue weighted by atomic mass is 10.0. The van der Waals surface area contributed by atoms with Gasteiger partial charge in [0, 0.05) is 47.3 Å². The maximum Gasteiger partial charge on any atom is 0.220 e. The molecular weight excluding hydrogens is 419 g/mol. The summed E-state index contributed by atoms with van der Waals surface area (Å²) in [5.74, 6) is -0.208. The number of benzene rings is 2. The molecule has 1 atom stereocenters. The van der Waals surface area contributed by atoms with E-state index >= 15 is 0 Å². The number of ether oxygens (including phenoxy) is 1. The van der Waals surface area contributed by atoms with Gasteiger partial charge in [0.2, 0.25) is 5.91 Å². The zero-order chi connectivity index (χ0) is 22.9. The molecule has 6 nitrogen and oxygen atoms in total. The van der Waals surface area contributed by atoms with Crippen LogP contribution in [0.5, 0.6) is 5.75 Å². The van der Waals surface area contributed by atoms with Crippen molar-refractivity contribution >= 4 is 16.8 Å². The first-order valence-electron chi connectivity index (χ1n) is 11.1. The summed E-state index contributed by atoms with van der Waals surface area (Å²) in [6.07, 6.45) is 4.91. The molecule has 0 fully saturated rings. The Hall–Kier alpha value is -3.74. The molecule has 0 unspecified atom stereocenters. The van der Waals surface area contributed by atoms with Gasteiger partial charge in [-0.15, -0.1) is 0 Å². The lowest BCUT2D eigenvalue weighted by Crippen LogP contribution is -2.34. The van der Waals surface area contributed by atoms with E-state index in [0.29, 0.717) is 37.1 Å². The van der Waals surface area contributed by atoms with Gasteiger partial charge >= 0.3 is 0 Å². The molecule has 7 heteroatoms. The number of carbonyl (C=O) groups is 1. The Morgan fingerprint density at radius 2 is 2.12 bits per heavy atom. The number of hydrogen-bond acceptors (Lipinski definition) is 4. The highest BCUT2D eigenvalue weighted by Crippen LogP contribution is 2.36. The third-order valence-electron chi connectivity index (χ3n) is 6.03. The van der Waals surface area contributed by atoms with Crippen LogP contribution in [0.25, 0.3) is 22.2 Å². The molecule has 1 aliphatic heterocycles. The topological polar surface area (TPSA) is 79.9 Å². The number of aromatic amines is 1. The van der Waals surface area contributed by atoms with Crippen molar-refractivity contribution in [3.05, 3.63) is 77.1 Å². The van der Waals surface area contributed by atoms with E-state index in [4.69, 9.17) is 4.74 Å². The summed E-state index contributed by atoms with van der Waals surface area (Å²) in [5, 5.41) is 4.07. The second-order valence-corrected chi connectivity index (χ2v) is 8.50. The van der Waals surface area contributed by atoms with E-state index in [1.165, 1.54) is 6.07 Å². The van der Waals surface area contributed by atoms with Gasteiger partial charge in [-0.25, -0.2) is 9.37 Å². The van der Waals surface area contributed by atoms with Crippen LogP contribution in [0.1, 0.15) is 28.9 Å². The number of fused-ring (bicyclic) bond motifs is 2. The van der Waals surface area contributed by atoms with Crippen molar-refractivity contribution in [2.75, 3.05) is 6.54 Å². The summed E-state index contributed by atoms with van der Waals surface area (Å²) in [6.45, 7) is 4.05. The summed E-state index contributed by atoms with van der Waals surface area (Å²) in [6, 6.07) is 11.4. The first-order valence-corrected chi connectivity index (χ1v) is 11.1. The van der Waals surface area contributed by atoms with Crippen molar-refractivity contribution < 1.29 is 13.9 Å². The van der Waals surface area contributed by atoms with Crippen molar-refractivity contribution in [1.82, 2.24) is 20.3 Å². The highest BCUT2D eigenvalue weighted by Gasteiger charge is 2.27. The van der Waals surface area contributed by atoms with Crippen LogP contribution in [0, 0.1) is 19.7 Å². The van der Waals surface area contributed by atoms with Gasteiger partial charge in [0.25, 0.3) is 0 Å². The van der Waals surface area contributed by atoms with Gasteiger partial charge in [0.05, 0.1) is 23.6 Å². The largest absolute Gasteiger partial charge is 0.485 e. The Bertz CT molecular complexity index is 1350. The number of amides is 1. The minimum absolute atomic E-state index is 0.0494. The fourth-order valence-corrected chi connectivity index (χ4v) is 4.35. The number of rotatable bonds is 6. The highest BCUT2D eigenvalue weighted by molar-refractivity contribution is 5.84. The highest BCUT2D eigenvalue weighted by atomic mass is 19.1. The molecule has 1 aliphatic rings. The van der Waals surface area contributed by atoms with E-state index < -0.39 is 5.82 Å². The maximum atomic E-state index is 14.8. The van der Waals surface area contributed by atoms with Crippen molar-refractivity contribution in [3.8, 4) is 17.0 Å². The molecule has 168 valence electrons. The van der Waals surface area contributed by atoms with Crippen molar-refractivity contribution in [2.45, 2.75) is 39.2 Å². The third-order valence-corrected chi connectivity index (χ3v) is 6.03. The smallest absolute Gasteiger partial charge is 0.220 e. The van der Waals surface area contributed by atoms with E-state index in [-0.39, 0.29) is 17.8 Å². The Balaban J connectivity index is 1.20. The van der Waals surface area contributed by atoms with Gasteiger partial charge in [-0.1, -0.05) is 18.2 Å². The molecule has 2 aromatic carbocycles. The second-order valence-electron chi connectivity index (χ2n) is 8.50. The molecule has 33 heavy (non-hydrogen) atoms. The first kappa shape index (κ1) is 21.1.